The lowest BCUT2D eigenvalue weighted by Gasteiger charge is -2.26. The fourth-order valence-electron chi connectivity index (χ4n) is 3.43. The largest absolute Gasteiger partial charge is 0.497 e. The topological polar surface area (TPSA) is 94.2 Å². The maximum atomic E-state index is 13.0. The first-order chi connectivity index (χ1) is 17.4. The highest BCUT2D eigenvalue weighted by Crippen LogP contribution is 2.35. The molecular formula is C26H20Cl2N2O6. The van der Waals surface area contributed by atoms with Crippen LogP contribution in [0.15, 0.2) is 72.3 Å². The number of nitrogens with one attached hydrogen (secondary N) is 1. The second kappa shape index (κ2) is 11.2. The van der Waals surface area contributed by atoms with Crippen molar-refractivity contribution in [3.05, 3.63) is 87.9 Å². The number of carbonyl (C=O) groups excluding carboxylic acids is 3. The van der Waals surface area contributed by atoms with E-state index in [0.29, 0.717) is 22.7 Å². The molecule has 0 bridgehead atoms. The summed E-state index contributed by atoms with van der Waals surface area (Å²) < 4.78 is 16.5. The Balaban J connectivity index is 1.47. The van der Waals surface area contributed by atoms with Gasteiger partial charge in [-0.25, -0.2) is 9.69 Å². The van der Waals surface area contributed by atoms with Crippen molar-refractivity contribution in [3.63, 3.8) is 0 Å². The van der Waals surface area contributed by atoms with E-state index in [-0.39, 0.29) is 34.6 Å². The van der Waals surface area contributed by atoms with Crippen LogP contribution in [0.5, 0.6) is 17.2 Å². The van der Waals surface area contributed by atoms with Crippen LogP contribution in [0.1, 0.15) is 5.56 Å². The average molecular weight is 527 g/mol. The van der Waals surface area contributed by atoms with E-state index in [2.05, 4.69) is 5.32 Å². The molecule has 1 fully saturated rings. The summed E-state index contributed by atoms with van der Waals surface area (Å²) in [4.78, 5) is 38.6. The van der Waals surface area contributed by atoms with Crippen LogP contribution in [0.4, 0.5) is 10.5 Å². The quantitative estimate of drug-likeness (QED) is 0.248. The number of hydrogen-bond donors (Lipinski definition) is 1. The molecule has 8 nitrogen and oxygen atoms in total. The molecule has 3 aromatic carbocycles. The molecule has 4 rings (SSSR count). The van der Waals surface area contributed by atoms with E-state index in [1.165, 1.54) is 18.2 Å². The molecular weight excluding hydrogens is 507 g/mol. The van der Waals surface area contributed by atoms with Gasteiger partial charge in [0.05, 0.1) is 22.8 Å². The number of hydrogen-bond acceptors (Lipinski definition) is 6. The zero-order valence-electron chi connectivity index (χ0n) is 19.0. The first-order valence-electron chi connectivity index (χ1n) is 10.7. The van der Waals surface area contributed by atoms with E-state index in [9.17, 15) is 14.4 Å². The van der Waals surface area contributed by atoms with Gasteiger partial charge < -0.3 is 14.2 Å². The highest BCUT2D eigenvalue weighted by Gasteiger charge is 2.36. The van der Waals surface area contributed by atoms with E-state index >= 15 is 0 Å². The van der Waals surface area contributed by atoms with Gasteiger partial charge in [0.2, 0.25) is 0 Å². The number of para-hydroxylation sites is 1. The van der Waals surface area contributed by atoms with Crippen molar-refractivity contribution < 1.29 is 28.6 Å². The second-order valence-electron chi connectivity index (χ2n) is 7.48. The summed E-state index contributed by atoms with van der Waals surface area (Å²) in [5, 5.41) is 2.52. The molecule has 36 heavy (non-hydrogen) atoms. The van der Waals surface area contributed by atoms with Crippen molar-refractivity contribution >= 4 is 52.8 Å². The number of carbonyl (C=O) groups is 3. The summed E-state index contributed by atoms with van der Waals surface area (Å²) in [6.45, 7) is 0.385. The third kappa shape index (κ3) is 5.62. The summed E-state index contributed by atoms with van der Waals surface area (Å²) >= 11 is 12.7. The highest BCUT2D eigenvalue weighted by molar-refractivity contribution is 6.40. The van der Waals surface area contributed by atoms with Gasteiger partial charge in [0.15, 0.2) is 5.75 Å². The van der Waals surface area contributed by atoms with E-state index in [1.807, 2.05) is 6.07 Å². The van der Waals surface area contributed by atoms with Gasteiger partial charge in [-0.1, -0.05) is 47.5 Å². The molecule has 1 aliphatic heterocycles. The van der Waals surface area contributed by atoms with Gasteiger partial charge in [0.25, 0.3) is 11.8 Å². The van der Waals surface area contributed by atoms with Crippen LogP contribution in [0, 0.1) is 0 Å². The number of imide groups is 2. The molecule has 1 aliphatic rings. The SMILES string of the molecule is COc1cccc(OCCOc2c(Cl)cc(/C=C3/C(=O)NC(=O)N(c4ccccc4)C3=O)cc2Cl)c1. The number of methoxy groups -OCH3 is 1. The minimum atomic E-state index is -0.829. The second-order valence-corrected chi connectivity index (χ2v) is 8.30. The van der Waals surface area contributed by atoms with Crippen LogP contribution < -0.4 is 24.4 Å². The molecule has 1 heterocycles. The number of barbiturate groups is 1. The molecule has 3 aromatic rings. The molecule has 10 heteroatoms. The molecule has 0 spiro atoms. The Labute approximate surface area is 217 Å². The van der Waals surface area contributed by atoms with E-state index in [1.54, 1.807) is 55.6 Å². The predicted octanol–water partition coefficient (Wildman–Crippen LogP) is 5.13. The summed E-state index contributed by atoms with van der Waals surface area (Å²) in [6, 6.07) is 17.6. The van der Waals surface area contributed by atoms with Crippen LogP contribution in [-0.4, -0.2) is 38.2 Å². The van der Waals surface area contributed by atoms with Crippen LogP contribution in [0.3, 0.4) is 0 Å². The van der Waals surface area contributed by atoms with Crippen molar-refractivity contribution in [1.82, 2.24) is 5.32 Å². The molecule has 0 aliphatic carbocycles. The minimum Gasteiger partial charge on any atom is -0.497 e. The van der Waals surface area contributed by atoms with E-state index < -0.39 is 17.8 Å². The maximum Gasteiger partial charge on any atom is 0.335 e. The van der Waals surface area contributed by atoms with Gasteiger partial charge >= 0.3 is 6.03 Å². The van der Waals surface area contributed by atoms with E-state index in [4.69, 9.17) is 37.4 Å². The Morgan fingerprint density at radius 2 is 1.53 bits per heavy atom. The summed E-state index contributed by atoms with van der Waals surface area (Å²) in [7, 11) is 1.57. The Morgan fingerprint density at radius 1 is 0.861 bits per heavy atom. The Kier molecular flexibility index (Phi) is 7.77. The van der Waals surface area contributed by atoms with Gasteiger partial charge in [0, 0.05) is 6.07 Å². The lowest BCUT2D eigenvalue weighted by atomic mass is 10.1. The molecule has 0 unspecified atom stereocenters. The maximum absolute atomic E-state index is 13.0. The van der Waals surface area contributed by atoms with Gasteiger partial charge in [-0.3, -0.25) is 14.9 Å². The molecule has 0 aromatic heterocycles. The number of urea groups is 1. The minimum absolute atomic E-state index is 0.159. The van der Waals surface area contributed by atoms with Crippen molar-refractivity contribution in [2.45, 2.75) is 0 Å². The molecule has 1 saturated heterocycles. The first kappa shape index (κ1) is 25.1. The number of anilines is 1. The average Bonchev–Trinajstić information content (AvgIpc) is 2.86. The van der Waals surface area contributed by atoms with E-state index in [0.717, 1.165) is 4.90 Å². The highest BCUT2D eigenvalue weighted by atomic mass is 35.5. The number of benzene rings is 3. The zero-order valence-corrected chi connectivity index (χ0v) is 20.5. The third-order valence-corrected chi connectivity index (χ3v) is 5.65. The lowest BCUT2D eigenvalue weighted by molar-refractivity contribution is -0.122. The zero-order chi connectivity index (χ0) is 25.7. The summed E-state index contributed by atoms with van der Waals surface area (Å²) in [6.07, 6.45) is 1.31. The standard InChI is InChI=1S/C26H20Cl2N2O6/c1-34-18-8-5-9-19(15-18)35-10-11-36-23-21(27)13-16(14-22(23)28)12-20-24(31)29-26(33)30(25(20)32)17-6-3-2-4-7-17/h2-9,12-15H,10-11H2,1H3,(H,29,31,33)/b20-12-. The molecule has 0 atom stereocenters. The van der Waals surface area contributed by atoms with Crippen molar-refractivity contribution in [2.75, 3.05) is 25.2 Å². The van der Waals surface area contributed by atoms with Crippen LogP contribution in [0.25, 0.3) is 6.08 Å². The third-order valence-electron chi connectivity index (χ3n) is 5.09. The lowest BCUT2D eigenvalue weighted by Crippen LogP contribution is -2.54. The van der Waals surface area contributed by atoms with Gasteiger partial charge in [0.1, 0.15) is 30.3 Å². The van der Waals surface area contributed by atoms with Crippen LogP contribution in [-0.2, 0) is 9.59 Å². The fourth-order valence-corrected chi connectivity index (χ4v) is 4.04. The van der Waals surface area contributed by atoms with Gasteiger partial charge in [-0.2, -0.15) is 0 Å². The molecule has 1 N–H and O–H groups in total. The molecule has 184 valence electrons. The fraction of sp³-hybridized carbons (Fsp3) is 0.115. The molecule has 4 amide bonds. The number of rotatable bonds is 8. The van der Waals surface area contributed by atoms with Crippen LogP contribution in [0.2, 0.25) is 10.0 Å². The summed E-state index contributed by atoms with van der Waals surface area (Å²) in [5.41, 5.74) is 0.464. The van der Waals surface area contributed by atoms with Crippen LogP contribution >= 0.6 is 23.2 Å². The van der Waals surface area contributed by atoms with Gasteiger partial charge in [-0.15, -0.1) is 0 Å². The van der Waals surface area contributed by atoms with Crippen molar-refractivity contribution in [2.24, 2.45) is 0 Å². The first-order valence-corrected chi connectivity index (χ1v) is 11.5. The normalized spacial score (nSPS) is 14.6. The Bertz CT molecular complexity index is 1320. The number of halogens is 2. The van der Waals surface area contributed by atoms with Crippen molar-refractivity contribution in [3.8, 4) is 17.2 Å². The molecule has 0 radical (unpaired) electrons. The Morgan fingerprint density at radius 3 is 2.22 bits per heavy atom. The summed E-state index contributed by atoms with van der Waals surface area (Å²) in [5.74, 6) is -0.0620. The van der Waals surface area contributed by atoms with Crippen molar-refractivity contribution in [1.29, 1.82) is 0 Å². The number of amides is 4. The predicted molar refractivity (Wildman–Crippen MR) is 136 cm³/mol. The monoisotopic (exact) mass is 526 g/mol. The molecule has 0 saturated carbocycles. The van der Waals surface area contributed by atoms with Gasteiger partial charge in [-0.05, 0) is 48.0 Å². The number of ether oxygens (including phenoxy) is 3. The Hall–Kier alpha value is -4.01. The number of nitrogens with zero attached hydrogens (tertiary/aromatic N) is 1. The smallest absolute Gasteiger partial charge is 0.335 e.